The third-order valence-electron chi connectivity index (χ3n) is 3.92. The van der Waals surface area contributed by atoms with Crippen molar-refractivity contribution in [2.24, 2.45) is 5.92 Å². The van der Waals surface area contributed by atoms with Crippen LogP contribution in [-0.2, 0) is 4.74 Å². The van der Waals surface area contributed by atoms with Gasteiger partial charge in [0, 0.05) is 20.2 Å². The van der Waals surface area contributed by atoms with E-state index in [1.165, 1.54) is 12.8 Å². The first-order valence-corrected chi connectivity index (χ1v) is 7.26. The Morgan fingerprint density at radius 3 is 3.00 bits per heavy atom. The number of hydrogen-bond acceptors (Lipinski definition) is 4. The fourth-order valence-corrected chi connectivity index (χ4v) is 2.89. The van der Waals surface area contributed by atoms with Gasteiger partial charge in [0.1, 0.15) is 5.75 Å². The molecule has 0 amide bonds. The molecule has 1 aromatic carbocycles. The van der Waals surface area contributed by atoms with E-state index >= 15 is 0 Å². The summed E-state index contributed by atoms with van der Waals surface area (Å²) < 4.78 is 10.4. The molecule has 1 heterocycles. The fourth-order valence-electron chi connectivity index (χ4n) is 2.89. The average Bonchev–Trinajstić information content (AvgIpc) is 2.48. The van der Waals surface area contributed by atoms with Crippen molar-refractivity contribution < 1.29 is 14.6 Å². The van der Waals surface area contributed by atoms with E-state index in [1.54, 1.807) is 14.2 Å². The predicted molar refractivity (Wildman–Crippen MR) is 79.0 cm³/mol. The van der Waals surface area contributed by atoms with E-state index in [9.17, 15) is 5.11 Å². The summed E-state index contributed by atoms with van der Waals surface area (Å²) in [7, 11) is 3.40. The number of hydrogen-bond donors (Lipinski definition) is 1. The lowest BCUT2D eigenvalue weighted by Crippen LogP contribution is -2.39. The van der Waals surface area contributed by atoms with Crippen molar-refractivity contribution in [3.8, 4) is 5.75 Å². The average molecular weight is 279 g/mol. The van der Waals surface area contributed by atoms with Crippen molar-refractivity contribution in [3.05, 3.63) is 29.8 Å². The molecule has 4 heteroatoms. The number of aliphatic hydroxyl groups is 1. The smallest absolute Gasteiger partial charge is 0.119 e. The van der Waals surface area contributed by atoms with Gasteiger partial charge in [0.2, 0.25) is 0 Å². The highest BCUT2D eigenvalue weighted by Crippen LogP contribution is 2.23. The number of piperidine rings is 1. The van der Waals surface area contributed by atoms with E-state index in [-0.39, 0.29) is 0 Å². The zero-order chi connectivity index (χ0) is 14.4. The normalized spacial score (nSPS) is 21.6. The summed E-state index contributed by atoms with van der Waals surface area (Å²) in [5.74, 6) is 1.38. The summed E-state index contributed by atoms with van der Waals surface area (Å²) in [5.41, 5.74) is 0.915. The molecule has 4 nitrogen and oxygen atoms in total. The van der Waals surface area contributed by atoms with Gasteiger partial charge in [-0.3, -0.25) is 0 Å². The Morgan fingerprint density at radius 2 is 2.25 bits per heavy atom. The lowest BCUT2D eigenvalue weighted by molar-refractivity contribution is 0.0562. The minimum Gasteiger partial charge on any atom is -0.497 e. The van der Waals surface area contributed by atoms with Crippen LogP contribution in [0.5, 0.6) is 5.75 Å². The van der Waals surface area contributed by atoms with Crippen LogP contribution in [0.25, 0.3) is 0 Å². The Labute approximate surface area is 121 Å². The van der Waals surface area contributed by atoms with Gasteiger partial charge in [0.05, 0.1) is 19.8 Å². The molecule has 2 rings (SSSR count). The van der Waals surface area contributed by atoms with Crippen molar-refractivity contribution in [2.45, 2.75) is 18.9 Å². The van der Waals surface area contributed by atoms with E-state index in [1.807, 2.05) is 24.3 Å². The van der Waals surface area contributed by atoms with E-state index < -0.39 is 6.10 Å². The maximum atomic E-state index is 10.4. The molecule has 0 aliphatic carbocycles. The van der Waals surface area contributed by atoms with Crippen LogP contribution in [0.3, 0.4) is 0 Å². The second-order valence-electron chi connectivity index (χ2n) is 5.52. The molecule has 112 valence electrons. The van der Waals surface area contributed by atoms with E-state index in [4.69, 9.17) is 9.47 Å². The van der Waals surface area contributed by atoms with Gasteiger partial charge in [-0.2, -0.15) is 0 Å². The second-order valence-corrected chi connectivity index (χ2v) is 5.52. The summed E-state index contributed by atoms with van der Waals surface area (Å²) in [6.45, 7) is 3.55. The number of benzene rings is 1. The lowest BCUT2D eigenvalue weighted by atomic mass is 9.98. The predicted octanol–water partition coefficient (Wildman–Crippen LogP) is 2.09. The fraction of sp³-hybridized carbons (Fsp3) is 0.625. The highest BCUT2D eigenvalue weighted by atomic mass is 16.5. The Balaban J connectivity index is 1.91. The topological polar surface area (TPSA) is 41.9 Å². The zero-order valence-corrected chi connectivity index (χ0v) is 12.4. The molecular formula is C16H25NO3. The highest BCUT2D eigenvalue weighted by Gasteiger charge is 2.22. The quantitative estimate of drug-likeness (QED) is 0.866. The number of rotatable bonds is 6. The van der Waals surface area contributed by atoms with Gasteiger partial charge in [-0.25, -0.2) is 0 Å². The van der Waals surface area contributed by atoms with Gasteiger partial charge in [-0.1, -0.05) is 12.1 Å². The molecule has 2 unspecified atom stereocenters. The first-order chi connectivity index (χ1) is 9.72. The van der Waals surface area contributed by atoms with E-state index in [2.05, 4.69) is 4.90 Å². The van der Waals surface area contributed by atoms with Crippen LogP contribution in [-0.4, -0.2) is 50.5 Å². The van der Waals surface area contributed by atoms with Crippen LogP contribution >= 0.6 is 0 Å². The first kappa shape index (κ1) is 15.3. The van der Waals surface area contributed by atoms with Gasteiger partial charge in [-0.05, 0) is 43.0 Å². The molecule has 20 heavy (non-hydrogen) atoms. The van der Waals surface area contributed by atoms with Crippen molar-refractivity contribution in [2.75, 3.05) is 40.5 Å². The van der Waals surface area contributed by atoms with Crippen molar-refractivity contribution in [1.82, 2.24) is 4.90 Å². The number of aliphatic hydroxyl groups excluding tert-OH is 1. The molecule has 1 aliphatic rings. The molecule has 1 fully saturated rings. The Bertz CT molecular complexity index is 408. The highest BCUT2D eigenvalue weighted by molar-refractivity contribution is 5.29. The molecule has 0 radical (unpaired) electrons. The van der Waals surface area contributed by atoms with Crippen molar-refractivity contribution >= 4 is 0 Å². The molecule has 0 saturated carbocycles. The van der Waals surface area contributed by atoms with Crippen LogP contribution in [0, 0.1) is 5.92 Å². The molecule has 0 spiro atoms. The van der Waals surface area contributed by atoms with Gasteiger partial charge < -0.3 is 19.5 Å². The molecule has 1 saturated heterocycles. The Hall–Kier alpha value is -1.10. The van der Waals surface area contributed by atoms with Gasteiger partial charge in [-0.15, -0.1) is 0 Å². The third kappa shape index (κ3) is 4.20. The molecule has 1 N–H and O–H groups in total. The Morgan fingerprint density at radius 1 is 1.40 bits per heavy atom. The van der Waals surface area contributed by atoms with Crippen LogP contribution in [0.2, 0.25) is 0 Å². The molecule has 1 aromatic rings. The van der Waals surface area contributed by atoms with Crippen molar-refractivity contribution in [3.63, 3.8) is 0 Å². The Kier molecular flexibility index (Phi) is 5.83. The van der Waals surface area contributed by atoms with Gasteiger partial charge in [0.25, 0.3) is 0 Å². The maximum absolute atomic E-state index is 10.4. The summed E-state index contributed by atoms with van der Waals surface area (Å²) in [5, 5.41) is 10.4. The minimum absolute atomic E-state index is 0.466. The molecule has 2 atom stereocenters. The monoisotopic (exact) mass is 279 g/mol. The first-order valence-electron chi connectivity index (χ1n) is 7.26. The molecule has 0 aromatic heterocycles. The number of methoxy groups -OCH3 is 2. The molecule has 0 bridgehead atoms. The number of ether oxygens (including phenoxy) is 2. The minimum atomic E-state index is -0.466. The molecule has 1 aliphatic heterocycles. The summed E-state index contributed by atoms with van der Waals surface area (Å²) >= 11 is 0. The molecular weight excluding hydrogens is 254 g/mol. The third-order valence-corrected chi connectivity index (χ3v) is 3.92. The van der Waals surface area contributed by atoms with E-state index in [0.29, 0.717) is 12.5 Å². The van der Waals surface area contributed by atoms with Crippen molar-refractivity contribution in [1.29, 1.82) is 0 Å². The number of likely N-dealkylation sites (tertiary alicyclic amines) is 1. The maximum Gasteiger partial charge on any atom is 0.119 e. The largest absolute Gasteiger partial charge is 0.497 e. The van der Waals surface area contributed by atoms with Gasteiger partial charge >= 0.3 is 0 Å². The lowest BCUT2D eigenvalue weighted by Gasteiger charge is -2.33. The van der Waals surface area contributed by atoms with Crippen LogP contribution in [0.1, 0.15) is 24.5 Å². The SMILES string of the molecule is COCC1CCCN(CC(O)c2cccc(OC)c2)C1. The standard InChI is InChI=1S/C16H25NO3/c1-19-12-13-5-4-8-17(10-13)11-16(18)14-6-3-7-15(9-14)20-2/h3,6-7,9,13,16,18H,4-5,8,10-12H2,1-2H3. The summed E-state index contributed by atoms with van der Waals surface area (Å²) in [6.07, 6.45) is 1.93. The second kappa shape index (κ2) is 7.62. The van der Waals surface area contributed by atoms with Crippen LogP contribution < -0.4 is 4.74 Å². The van der Waals surface area contributed by atoms with E-state index in [0.717, 1.165) is 31.0 Å². The summed E-state index contributed by atoms with van der Waals surface area (Å²) in [4.78, 5) is 2.33. The number of nitrogens with zero attached hydrogens (tertiary/aromatic N) is 1. The zero-order valence-electron chi connectivity index (χ0n) is 12.4. The summed E-state index contributed by atoms with van der Waals surface area (Å²) in [6, 6.07) is 7.66. The van der Waals surface area contributed by atoms with Gasteiger partial charge in [0.15, 0.2) is 0 Å². The number of β-amino-alcohol motifs (C(OH)–C–C–N with tert-alkyl or cyclic N) is 1. The van der Waals surface area contributed by atoms with Crippen LogP contribution in [0.4, 0.5) is 0 Å². The van der Waals surface area contributed by atoms with Crippen LogP contribution in [0.15, 0.2) is 24.3 Å².